The van der Waals surface area contributed by atoms with E-state index in [2.05, 4.69) is 37.4 Å². The van der Waals surface area contributed by atoms with Gasteiger partial charge < -0.3 is 10.6 Å². The summed E-state index contributed by atoms with van der Waals surface area (Å²) in [5, 5.41) is 9.38. The van der Waals surface area contributed by atoms with E-state index in [4.69, 9.17) is 29.2 Å². The van der Waals surface area contributed by atoms with Crippen LogP contribution in [0.4, 0.5) is 11.4 Å². The van der Waals surface area contributed by atoms with Crippen molar-refractivity contribution in [1.82, 2.24) is 0 Å². The molecule has 0 spiro atoms. The SMILES string of the molecule is C[Si](C)(C[N-]c1ccccc1)C[N-]c1ccccc1.[Cl][Ti][Cl]. The van der Waals surface area contributed by atoms with Crippen molar-refractivity contribution in [1.29, 1.82) is 0 Å². The van der Waals surface area contributed by atoms with Crippen LogP contribution in [0.2, 0.25) is 13.1 Å². The van der Waals surface area contributed by atoms with E-state index in [1.165, 1.54) is 0 Å². The van der Waals surface area contributed by atoms with Crippen LogP contribution in [0, 0.1) is 0 Å². The Balaban J connectivity index is 0.000000745. The van der Waals surface area contributed by atoms with Crippen LogP contribution in [0.25, 0.3) is 10.6 Å². The van der Waals surface area contributed by atoms with E-state index < -0.39 is 25.1 Å². The van der Waals surface area contributed by atoms with Crippen molar-refractivity contribution in [3.63, 3.8) is 0 Å². The zero-order chi connectivity index (χ0) is 16.3. The van der Waals surface area contributed by atoms with Crippen molar-refractivity contribution in [2.45, 2.75) is 13.1 Å². The quantitative estimate of drug-likeness (QED) is 0.502. The summed E-state index contributed by atoms with van der Waals surface area (Å²) < 4.78 is 0. The van der Waals surface area contributed by atoms with Crippen LogP contribution in [0.15, 0.2) is 60.7 Å². The van der Waals surface area contributed by atoms with Gasteiger partial charge in [-0.05, 0) is 0 Å². The second-order valence-electron chi connectivity index (χ2n) is 5.54. The molecule has 0 fully saturated rings. The summed E-state index contributed by atoms with van der Waals surface area (Å²) in [4.78, 5) is 0. The Labute approximate surface area is 151 Å². The molecule has 6 heteroatoms. The zero-order valence-corrected chi connectivity index (χ0v) is 16.9. The van der Waals surface area contributed by atoms with Gasteiger partial charge in [0.15, 0.2) is 0 Å². The zero-order valence-electron chi connectivity index (χ0n) is 12.8. The Hall–Kier alpha value is -0.449. The van der Waals surface area contributed by atoms with E-state index in [0.717, 1.165) is 23.7 Å². The van der Waals surface area contributed by atoms with Gasteiger partial charge in [0.05, 0.1) is 0 Å². The molecule has 0 saturated heterocycles. The van der Waals surface area contributed by atoms with Crippen molar-refractivity contribution in [2.24, 2.45) is 0 Å². The molecule has 0 aromatic heterocycles. The molecule has 2 rings (SSSR count). The monoisotopic (exact) mass is 386 g/mol. The Morgan fingerprint density at radius 3 is 1.41 bits per heavy atom. The third-order valence-electron chi connectivity index (χ3n) is 2.89. The molecule has 2 aromatic rings. The Morgan fingerprint density at radius 1 is 0.773 bits per heavy atom. The van der Waals surface area contributed by atoms with Gasteiger partial charge in [-0.3, -0.25) is 0 Å². The third kappa shape index (κ3) is 8.86. The molecule has 2 nitrogen and oxygen atoms in total. The van der Waals surface area contributed by atoms with Gasteiger partial charge in [0.2, 0.25) is 0 Å². The summed E-state index contributed by atoms with van der Waals surface area (Å²) in [6, 6.07) is 20.4. The third-order valence-corrected chi connectivity index (χ3v) is 4.92. The van der Waals surface area contributed by atoms with E-state index in [0.29, 0.717) is 0 Å². The molecular formula is C16H20Cl2N2SiTi-2. The first kappa shape index (κ1) is 19.6. The van der Waals surface area contributed by atoms with Crippen LogP contribution in [-0.2, 0) is 17.0 Å². The molecule has 0 atom stereocenters. The first-order chi connectivity index (χ1) is 10.6. The van der Waals surface area contributed by atoms with Gasteiger partial charge in [-0.25, -0.2) is 0 Å². The fourth-order valence-corrected chi connectivity index (χ4v) is 3.05. The Bertz CT molecular complexity index is 467. The van der Waals surface area contributed by atoms with E-state index in [-0.39, 0.29) is 0 Å². The average Bonchev–Trinajstić information content (AvgIpc) is 2.54. The van der Waals surface area contributed by atoms with Gasteiger partial charge in [-0.15, -0.1) is 23.7 Å². The molecule has 0 aliphatic carbocycles. The van der Waals surface area contributed by atoms with Gasteiger partial charge >= 0.3 is 35.6 Å². The summed E-state index contributed by atoms with van der Waals surface area (Å²) in [6.45, 7) is 4.68. The summed E-state index contributed by atoms with van der Waals surface area (Å²) >= 11 is -0.556. The van der Waals surface area contributed by atoms with Gasteiger partial charge in [-0.2, -0.15) is 0 Å². The summed E-state index contributed by atoms with van der Waals surface area (Å²) in [6.07, 6.45) is 1.85. The maximum atomic E-state index is 4.89. The molecule has 118 valence electrons. The number of para-hydroxylation sites is 2. The minimum absolute atomic E-state index is 0.556. The maximum absolute atomic E-state index is 4.89. The number of rotatable bonds is 6. The van der Waals surface area contributed by atoms with E-state index in [9.17, 15) is 0 Å². The number of hydrogen-bond acceptors (Lipinski definition) is 0. The molecule has 0 unspecified atom stereocenters. The van der Waals surface area contributed by atoms with Crippen LogP contribution in [-0.4, -0.2) is 20.4 Å². The fraction of sp³-hybridized carbons (Fsp3) is 0.250. The molecule has 0 aliphatic heterocycles. The number of halogens is 2. The second kappa shape index (κ2) is 11.1. The molecule has 0 bridgehead atoms. The standard InChI is InChI=1S/C16H20N2Si.2ClH.Ti/c1-19(2,13-17-15-9-5-3-6-10-15)14-18-16-11-7-4-8-12-16;;;/h3-12H,13-14H2,1-2H3;2*1H;/q-2;;;+2/p-2. The summed E-state index contributed by atoms with van der Waals surface area (Å²) in [7, 11) is 8.38. The van der Waals surface area contributed by atoms with E-state index >= 15 is 0 Å². The van der Waals surface area contributed by atoms with E-state index in [1.807, 2.05) is 36.4 Å². The van der Waals surface area contributed by atoms with Gasteiger partial charge in [0, 0.05) is 8.07 Å². The first-order valence-electron chi connectivity index (χ1n) is 6.99. The van der Waals surface area contributed by atoms with E-state index in [1.54, 1.807) is 0 Å². The molecule has 0 amide bonds. The summed E-state index contributed by atoms with van der Waals surface area (Å²) in [5.41, 5.74) is 2.14. The van der Waals surface area contributed by atoms with Crippen LogP contribution < -0.4 is 0 Å². The predicted molar refractivity (Wildman–Crippen MR) is 97.8 cm³/mol. The predicted octanol–water partition coefficient (Wildman–Crippen LogP) is 6.56. The Kier molecular flexibility index (Phi) is 9.93. The summed E-state index contributed by atoms with van der Waals surface area (Å²) in [5.74, 6) is 0. The second-order valence-corrected chi connectivity index (χ2v) is 13.1. The fourth-order valence-electron chi connectivity index (χ4n) is 1.73. The van der Waals surface area contributed by atoms with Crippen LogP contribution >= 0.6 is 18.6 Å². The molecule has 0 aliphatic rings. The normalized spacial score (nSPS) is 10.2. The number of nitrogens with zero attached hydrogens (tertiary/aromatic N) is 2. The molecule has 2 aromatic carbocycles. The molecule has 22 heavy (non-hydrogen) atoms. The minimum atomic E-state index is -1.40. The first-order valence-corrected chi connectivity index (χ1v) is 14.7. The number of hydrogen-bond donors (Lipinski definition) is 0. The van der Waals surface area contributed by atoms with Crippen molar-refractivity contribution in [3.8, 4) is 0 Å². The topological polar surface area (TPSA) is 28.2 Å². The van der Waals surface area contributed by atoms with Gasteiger partial charge in [0.1, 0.15) is 0 Å². The Morgan fingerprint density at radius 2 is 1.09 bits per heavy atom. The molecule has 0 radical (unpaired) electrons. The van der Waals surface area contributed by atoms with Crippen molar-refractivity contribution < 1.29 is 17.0 Å². The molecule has 0 N–H and O–H groups in total. The molecule has 0 heterocycles. The van der Waals surface area contributed by atoms with Crippen LogP contribution in [0.1, 0.15) is 0 Å². The van der Waals surface area contributed by atoms with Crippen molar-refractivity contribution >= 4 is 38.1 Å². The van der Waals surface area contributed by atoms with Crippen LogP contribution in [0.5, 0.6) is 0 Å². The van der Waals surface area contributed by atoms with Gasteiger partial charge in [-0.1, -0.05) is 73.8 Å². The van der Waals surface area contributed by atoms with Crippen LogP contribution in [0.3, 0.4) is 0 Å². The molecular weight excluding hydrogens is 367 g/mol. The molecule has 0 saturated carbocycles. The number of benzene rings is 2. The van der Waals surface area contributed by atoms with Crippen molar-refractivity contribution in [3.05, 3.63) is 71.3 Å². The average molecular weight is 387 g/mol. The van der Waals surface area contributed by atoms with Crippen molar-refractivity contribution in [2.75, 3.05) is 12.3 Å². The van der Waals surface area contributed by atoms with Gasteiger partial charge in [0.25, 0.3) is 0 Å².